The van der Waals surface area contributed by atoms with Crippen LogP contribution in [0.2, 0.25) is 5.02 Å². The zero-order valence-corrected chi connectivity index (χ0v) is 22.8. The minimum atomic E-state index is -0.311. The van der Waals surface area contributed by atoms with Gasteiger partial charge in [-0.05, 0) is 59.0 Å². The third kappa shape index (κ3) is 4.21. The van der Waals surface area contributed by atoms with Crippen LogP contribution in [-0.2, 0) is 0 Å². The Bertz CT molecular complexity index is 1850. The molecule has 4 nitrogen and oxygen atoms in total. The van der Waals surface area contributed by atoms with E-state index in [4.69, 9.17) is 16.6 Å². The molecule has 6 aromatic rings. The van der Waals surface area contributed by atoms with Gasteiger partial charge in [0.05, 0.1) is 21.2 Å². The molecule has 0 unspecified atom stereocenters. The normalized spacial score (nSPS) is 13.8. The molecule has 7 rings (SSSR count). The number of carbonyl (C=O) groups is 2. The minimum Gasteiger partial charge on any atom is -0.268 e. The SMILES string of the molecule is O=C1c2cccc3cccc(c23)C(=O)N1c1ccc2nc(S[C@H](c3ccccc3)c3ccc(Cl)cc3)sc2c1. The molecule has 1 atom stereocenters. The van der Waals surface area contributed by atoms with E-state index >= 15 is 0 Å². The first-order chi connectivity index (χ1) is 19.1. The maximum atomic E-state index is 13.5. The predicted octanol–water partition coefficient (Wildman–Crippen LogP) is 8.79. The van der Waals surface area contributed by atoms with E-state index in [-0.39, 0.29) is 17.1 Å². The Hall–Kier alpha value is -3.97. The number of thioether (sulfide) groups is 1. The first kappa shape index (κ1) is 24.1. The zero-order chi connectivity index (χ0) is 26.5. The monoisotopic (exact) mass is 562 g/mol. The van der Waals surface area contributed by atoms with Crippen molar-refractivity contribution in [2.24, 2.45) is 0 Å². The van der Waals surface area contributed by atoms with Crippen LogP contribution in [0.4, 0.5) is 5.69 Å². The van der Waals surface area contributed by atoms with Crippen molar-refractivity contribution in [1.29, 1.82) is 0 Å². The van der Waals surface area contributed by atoms with Crippen molar-refractivity contribution < 1.29 is 9.59 Å². The van der Waals surface area contributed by atoms with Crippen LogP contribution in [-0.4, -0.2) is 16.8 Å². The number of nitrogens with zero attached hydrogens (tertiary/aromatic N) is 2. The van der Waals surface area contributed by atoms with Gasteiger partial charge in [-0.25, -0.2) is 9.88 Å². The summed E-state index contributed by atoms with van der Waals surface area (Å²) >= 11 is 9.39. The van der Waals surface area contributed by atoms with Gasteiger partial charge in [0.2, 0.25) is 0 Å². The lowest BCUT2D eigenvalue weighted by molar-refractivity contribution is 0.0893. The molecule has 0 saturated heterocycles. The lowest BCUT2D eigenvalue weighted by Gasteiger charge is -2.27. The molecule has 0 radical (unpaired) electrons. The molecule has 5 aromatic carbocycles. The van der Waals surface area contributed by atoms with Gasteiger partial charge in [-0.2, -0.15) is 0 Å². The number of aromatic nitrogens is 1. The molecule has 188 valence electrons. The summed E-state index contributed by atoms with van der Waals surface area (Å²) in [6, 6.07) is 34.9. The second-order valence-corrected chi connectivity index (χ2v) is 12.1. The number of fused-ring (bicyclic) bond motifs is 1. The summed E-state index contributed by atoms with van der Waals surface area (Å²) in [6.07, 6.45) is 0. The Kier molecular flexibility index (Phi) is 5.96. The zero-order valence-electron chi connectivity index (χ0n) is 20.4. The smallest absolute Gasteiger partial charge is 0.265 e. The number of imide groups is 1. The van der Waals surface area contributed by atoms with Crippen molar-refractivity contribution in [3.8, 4) is 0 Å². The minimum absolute atomic E-state index is 0.0331. The fourth-order valence-electron chi connectivity index (χ4n) is 5.04. The van der Waals surface area contributed by atoms with E-state index in [1.54, 1.807) is 41.3 Å². The van der Waals surface area contributed by atoms with E-state index in [2.05, 4.69) is 12.1 Å². The van der Waals surface area contributed by atoms with Gasteiger partial charge in [-0.3, -0.25) is 9.59 Å². The molecule has 39 heavy (non-hydrogen) atoms. The number of anilines is 1. The highest BCUT2D eigenvalue weighted by molar-refractivity contribution is 8.01. The van der Waals surface area contributed by atoms with Crippen molar-refractivity contribution in [1.82, 2.24) is 4.98 Å². The van der Waals surface area contributed by atoms with Gasteiger partial charge >= 0.3 is 0 Å². The van der Waals surface area contributed by atoms with Gasteiger partial charge < -0.3 is 0 Å². The second-order valence-electron chi connectivity index (χ2n) is 9.25. The number of carbonyl (C=O) groups excluding carboxylic acids is 2. The van der Waals surface area contributed by atoms with Gasteiger partial charge in [-0.15, -0.1) is 11.3 Å². The lowest BCUT2D eigenvalue weighted by atomic mass is 9.94. The number of halogens is 1. The maximum absolute atomic E-state index is 13.5. The first-order valence-corrected chi connectivity index (χ1v) is 14.4. The number of benzene rings is 5. The predicted molar refractivity (Wildman–Crippen MR) is 160 cm³/mol. The molecule has 7 heteroatoms. The van der Waals surface area contributed by atoms with Crippen LogP contribution in [0.1, 0.15) is 37.1 Å². The maximum Gasteiger partial charge on any atom is 0.265 e. The third-order valence-corrected chi connectivity index (χ3v) is 9.55. The van der Waals surface area contributed by atoms with Crippen LogP contribution in [0.5, 0.6) is 0 Å². The van der Waals surface area contributed by atoms with Crippen LogP contribution in [0, 0.1) is 0 Å². The van der Waals surface area contributed by atoms with Crippen LogP contribution < -0.4 is 4.90 Å². The van der Waals surface area contributed by atoms with Gasteiger partial charge in [0.1, 0.15) is 0 Å². The molecule has 0 spiro atoms. The van der Waals surface area contributed by atoms with Gasteiger partial charge in [0.25, 0.3) is 11.8 Å². The summed E-state index contributed by atoms with van der Waals surface area (Å²) in [5.74, 6) is -0.621. The van der Waals surface area contributed by atoms with Gasteiger partial charge in [0.15, 0.2) is 4.34 Å². The quantitative estimate of drug-likeness (QED) is 0.156. The molecule has 0 bridgehead atoms. The number of hydrogen-bond donors (Lipinski definition) is 0. The molecule has 2 heterocycles. The van der Waals surface area contributed by atoms with Crippen LogP contribution in [0.3, 0.4) is 0 Å². The molecular weight excluding hydrogens is 544 g/mol. The van der Waals surface area contributed by atoms with E-state index in [1.165, 1.54) is 10.5 Å². The molecule has 0 aliphatic carbocycles. The Morgan fingerprint density at radius 1 is 0.744 bits per heavy atom. The highest BCUT2D eigenvalue weighted by Gasteiger charge is 2.34. The molecule has 0 N–H and O–H groups in total. The molecule has 1 aliphatic rings. The van der Waals surface area contributed by atoms with Crippen molar-refractivity contribution in [3.05, 3.63) is 136 Å². The summed E-state index contributed by atoms with van der Waals surface area (Å²) in [4.78, 5) is 33.2. The fraction of sp³-hybridized carbons (Fsp3) is 0.0312. The second kappa shape index (κ2) is 9.65. The molecular formula is C32H19ClN2O2S2. The fourth-order valence-corrected chi connectivity index (χ4v) is 7.59. The Labute approximate surface area is 237 Å². The topological polar surface area (TPSA) is 50.3 Å². The summed E-state index contributed by atoms with van der Waals surface area (Å²) in [5.41, 5.74) is 4.75. The van der Waals surface area contributed by atoms with Crippen molar-refractivity contribution in [2.45, 2.75) is 9.59 Å². The number of rotatable bonds is 5. The molecule has 1 aliphatic heterocycles. The largest absolute Gasteiger partial charge is 0.268 e. The van der Waals surface area contributed by atoms with Crippen molar-refractivity contribution in [2.75, 3.05) is 4.90 Å². The first-order valence-electron chi connectivity index (χ1n) is 12.3. The highest BCUT2D eigenvalue weighted by Crippen LogP contribution is 2.44. The van der Waals surface area contributed by atoms with Crippen LogP contribution in [0.15, 0.2) is 114 Å². The standard InChI is InChI=1S/C32H19ClN2O2S2/c33-22-14-12-21(13-15-22)29(20-6-2-1-3-7-20)39-32-34-26-17-16-23(18-27(26)38-32)35-30(36)24-10-4-8-19-9-5-11-25(28(19)24)31(35)37/h1-18,29H/t29-/m1/s1. The summed E-state index contributed by atoms with van der Waals surface area (Å²) in [6.45, 7) is 0. The van der Waals surface area contributed by atoms with Crippen LogP contribution in [0.25, 0.3) is 21.0 Å². The Morgan fingerprint density at radius 2 is 1.41 bits per heavy atom. The van der Waals surface area contributed by atoms with E-state index in [9.17, 15) is 9.59 Å². The molecule has 2 amide bonds. The van der Waals surface area contributed by atoms with Gasteiger partial charge in [0, 0.05) is 21.5 Å². The van der Waals surface area contributed by atoms with E-state index < -0.39 is 0 Å². The summed E-state index contributed by atoms with van der Waals surface area (Å²) in [5, 5.41) is 2.34. The van der Waals surface area contributed by atoms with Crippen molar-refractivity contribution >= 4 is 73.2 Å². The van der Waals surface area contributed by atoms with E-state index in [1.807, 2.05) is 78.9 Å². The van der Waals surface area contributed by atoms with E-state index in [0.29, 0.717) is 21.8 Å². The van der Waals surface area contributed by atoms with Gasteiger partial charge in [-0.1, -0.05) is 90.1 Å². The number of thiazole rings is 1. The molecule has 0 saturated carbocycles. The van der Waals surface area contributed by atoms with Crippen LogP contribution >= 0.6 is 34.7 Å². The summed E-state index contributed by atoms with van der Waals surface area (Å²) in [7, 11) is 0. The summed E-state index contributed by atoms with van der Waals surface area (Å²) < 4.78 is 1.81. The number of hydrogen-bond acceptors (Lipinski definition) is 5. The Morgan fingerprint density at radius 3 is 2.10 bits per heavy atom. The highest BCUT2D eigenvalue weighted by atomic mass is 35.5. The third-order valence-electron chi connectivity index (χ3n) is 6.88. The molecule has 1 aromatic heterocycles. The van der Waals surface area contributed by atoms with Crippen molar-refractivity contribution in [3.63, 3.8) is 0 Å². The van der Waals surface area contributed by atoms with E-state index in [0.717, 1.165) is 30.9 Å². The average Bonchev–Trinajstić information content (AvgIpc) is 3.38. The number of amides is 2. The average molecular weight is 563 g/mol. The molecule has 0 fully saturated rings. The Balaban J connectivity index is 1.25. The lowest BCUT2D eigenvalue weighted by Crippen LogP contribution is -2.40.